The maximum atomic E-state index is 6.84. The van der Waals surface area contributed by atoms with Gasteiger partial charge in [0, 0.05) is 44.3 Å². The van der Waals surface area contributed by atoms with E-state index in [2.05, 4.69) is 156 Å². The van der Waals surface area contributed by atoms with Gasteiger partial charge in [-0.15, -0.1) is 20.9 Å². The fourth-order valence-corrected chi connectivity index (χ4v) is 12.1. The van der Waals surface area contributed by atoms with Gasteiger partial charge in [-0.2, -0.15) is 0 Å². The van der Waals surface area contributed by atoms with Crippen molar-refractivity contribution in [1.82, 2.24) is 19.9 Å². The molecule has 4 aromatic carbocycles. The van der Waals surface area contributed by atoms with Crippen LogP contribution in [0.3, 0.4) is 0 Å². The Labute approximate surface area is 510 Å². The van der Waals surface area contributed by atoms with Gasteiger partial charge in [0.25, 0.3) is 0 Å². The summed E-state index contributed by atoms with van der Waals surface area (Å²) in [6.45, 7) is 7.92. The second kappa shape index (κ2) is 18.5. The summed E-state index contributed by atoms with van der Waals surface area (Å²) in [5, 5.41) is -4.64. The second-order valence-corrected chi connectivity index (χ2v) is 23.9. The van der Waals surface area contributed by atoms with Crippen LogP contribution in [0.15, 0.2) is 121 Å². The van der Waals surface area contributed by atoms with Gasteiger partial charge in [-0.3, -0.25) is 0 Å². The van der Waals surface area contributed by atoms with Crippen LogP contribution in [0.5, 0.6) is 0 Å². The summed E-state index contributed by atoms with van der Waals surface area (Å²) in [5.41, 5.74) is 18.7. The quantitative estimate of drug-likeness (QED) is 0.123. The Morgan fingerprint density at radius 3 is 0.857 bits per heavy atom. The Hall–Kier alpha value is -4.10. The minimum Gasteiger partial charge on any atom is -0.354 e. The van der Waals surface area contributed by atoms with E-state index in [0.29, 0.717) is 25.7 Å². The van der Waals surface area contributed by atoms with Crippen LogP contribution in [-0.4, -0.2) is 112 Å². The molecule has 0 aliphatic carbocycles. The number of nitrogens with one attached hydrogen (secondary N) is 2. The minimum absolute atomic E-state index is 0. The van der Waals surface area contributed by atoms with Crippen LogP contribution in [-0.2, 0) is 25.7 Å². The van der Waals surface area contributed by atoms with Crippen LogP contribution in [0.2, 0.25) is 41.7 Å². The zero-order valence-electron chi connectivity index (χ0n) is 44.5. The number of fused-ring (bicyclic) bond motifs is 8. The van der Waals surface area contributed by atoms with Crippen LogP contribution in [0.4, 0.5) is 0 Å². The van der Waals surface area contributed by atoms with Gasteiger partial charge in [0.05, 0.1) is 85.5 Å². The predicted molar refractivity (Wildman–Crippen MR) is 329 cm³/mol. The number of H-pyrrole nitrogens is 2. The van der Waals surface area contributed by atoms with Crippen molar-refractivity contribution in [3.63, 3.8) is 0 Å². The molecule has 6 aliphatic heterocycles. The van der Waals surface area contributed by atoms with E-state index in [1.54, 1.807) is 0 Å². The monoisotopic (exact) mass is 993 g/mol. The van der Waals surface area contributed by atoms with Crippen molar-refractivity contribution in [3.8, 4) is 44.5 Å². The summed E-state index contributed by atoms with van der Waals surface area (Å²) < 4.78 is 0. The Kier molecular flexibility index (Phi) is 12.8. The average molecular weight is 992 g/mol. The maximum Gasteiger partial charge on any atom is 1.00 e. The van der Waals surface area contributed by atoms with Gasteiger partial charge in [-0.05, 0) is 119 Å². The Bertz CT molecular complexity index is 3690. The van der Waals surface area contributed by atoms with E-state index in [1.165, 1.54) is 0 Å². The van der Waals surface area contributed by atoms with Gasteiger partial charge in [0.2, 0.25) is 0 Å². The molecular weight excluding hydrogens is 946 g/mol. The van der Waals surface area contributed by atoms with Crippen LogP contribution < -0.4 is 51.4 Å². The molecule has 0 spiro atoms. The molecule has 17 heteroatoms. The van der Waals surface area contributed by atoms with E-state index < -0.39 is 41.7 Å². The summed E-state index contributed by atoms with van der Waals surface area (Å²) in [6.07, 6.45) is 10.8. The molecule has 6 aliphatic rings. The number of benzene rings is 4. The summed E-state index contributed by atoms with van der Waals surface area (Å²) in [5.74, 6) is 0. The van der Waals surface area contributed by atoms with Crippen LogP contribution in [0.25, 0.3) is 90.9 Å². The van der Waals surface area contributed by atoms with Crippen molar-refractivity contribution in [3.05, 3.63) is 166 Å². The standard InChI is InChI=1S/C60H46B12N4.K/c1-53(61)57(65,69-53)29-33-9-5-13-37(25-33)49-41-17-19-43(73-41)50(38-14-6-10-34(26-38)30-58(66)54(2,62)70-58)45-21-23-47(75-45)52(40-16-8-12-36(28-40)32-60(68)56(4,64)72-60)48-24-22-46(76-48)51(44-20-18-42(49)74-44)39-15-7-11-35(27-39)31-59(67)55(3,63)71-59;/h5-28,73-74H,29-32H2,1-4H3;/q;+1. The summed E-state index contributed by atoms with van der Waals surface area (Å²) >= 11 is 0. The van der Waals surface area contributed by atoms with Gasteiger partial charge in [0.1, 0.15) is 29.1 Å². The van der Waals surface area contributed by atoms with Crippen LogP contribution in [0, 0.1) is 0 Å². The third-order valence-electron chi connectivity index (χ3n) is 17.5. The molecule has 13 rings (SSSR count). The molecular formula is C60H46B12KN4+. The van der Waals surface area contributed by atoms with Gasteiger partial charge in [0.15, 0.2) is 0 Å². The normalized spacial score (nSPS) is 29.8. The molecule has 4 nitrogen and oxygen atoms in total. The van der Waals surface area contributed by atoms with Gasteiger partial charge in [-0.1, -0.05) is 146 Å². The van der Waals surface area contributed by atoms with Crippen molar-refractivity contribution >= 4 is 138 Å². The first-order valence-electron chi connectivity index (χ1n) is 26.3. The fraction of sp³-hybridized carbons (Fsp3) is 0.267. The van der Waals surface area contributed by atoms with Crippen molar-refractivity contribution in [2.75, 3.05) is 0 Å². The number of aromatic amines is 2. The third-order valence-corrected chi connectivity index (χ3v) is 17.5. The van der Waals surface area contributed by atoms with Crippen molar-refractivity contribution in [1.29, 1.82) is 0 Å². The SMILES string of the molecule is [B]C1(C)[B]C1([B])Cc1cccc(-c2c3nc(c(-c4cccc(CC5([B])[B]C5([B])C)c4)c4ccc([nH]4)c(-c4cccc(CC5([B])[B]C5([B])C)c4)c4ccc([nH]4)c(-c4cccc(CC5([B])[B]C5([B])C)c4)c4nc2C=C4)C=C3)c1.[K+]. The number of rotatable bonds is 12. The van der Waals surface area contributed by atoms with Crippen molar-refractivity contribution in [2.45, 2.75) is 95.1 Å². The minimum atomic E-state index is -0.613. The molecule has 0 amide bonds. The molecule has 2 N–H and O–H groups in total. The Morgan fingerprint density at radius 2 is 0.584 bits per heavy atom. The van der Waals surface area contributed by atoms with E-state index in [1.807, 2.05) is 56.8 Å². The van der Waals surface area contributed by atoms with Gasteiger partial charge < -0.3 is 9.97 Å². The fourth-order valence-electron chi connectivity index (χ4n) is 12.1. The molecule has 4 saturated heterocycles. The molecule has 9 heterocycles. The average Bonchev–Trinajstić information content (AvgIpc) is 4.08. The van der Waals surface area contributed by atoms with Crippen LogP contribution in [0.1, 0.15) is 72.7 Å². The van der Waals surface area contributed by atoms with E-state index in [4.69, 9.17) is 72.7 Å². The second-order valence-electron chi connectivity index (χ2n) is 23.9. The number of nitrogens with zero attached hydrogens (tertiary/aromatic N) is 2. The molecule has 0 saturated carbocycles. The number of hydrogen-bond acceptors (Lipinski definition) is 2. The van der Waals surface area contributed by atoms with Crippen molar-refractivity contribution in [2.24, 2.45) is 0 Å². The molecule has 20 radical (unpaired) electrons. The van der Waals surface area contributed by atoms with E-state index in [0.717, 1.165) is 112 Å². The van der Waals surface area contributed by atoms with E-state index in [9.17, 15) is 0 Å². The summed E-state index contributed by atoms with van der Waals surface area (Å²) in [4.78, 5) is 19.0. The van der Waals surface area contributed by atoms with Gasteiger partial charge >= 0.3 is 51.4 Å². The molecule has 8 atom stereocenters. The summed E-state index contributed by atoms with van der Waals surface area (Å²) in [6, 6.07) is 42.9. The zero-order chi connectivity index (χ0) is 53.0. The number of aromatic nitrogens is 4. The molecule has 342 valence electrons. The Morgan fingerprint density at radius 1 is 0.351 bits per heavy atom. The molecule has 8 bridgehead atoms. The molecule has 77 heavy (non-hydrogen) atoms. The first-order chi connectivity index (χ1) is 35.9. The smallest absolute Gasteiger partial charge is 0.354 e. The molecule has 8 unspecified atom stereocenters. The first kappa shape index (κ1) is 53.5. The zero-order valence-corrected chi connectivity index (χ0v) is 47.6. The van der Waals surface area contributed by atoms with Gasteiger partial charge in [-0.25, -0.2) is 9.97 Å². The summed E-state index contributed by atoms with van der Waals surface area (Å²) in [7, 11) is 61.7. The third kappa shape index (κ3) is 9.54. The topological polar surface area (TPSA) is 57.4 Å². The molecule has 4 fully saturated rings. The Balaban J connectivity index is 0.00000596. The number of hydrogen-bond donors (Lipinski definition) is 2. The maximum absolute atomic E-state index is 6.84. The first-order valence-corrected chi connectivity index (χ1v) is 26.3. The molecule has 7 aromatic rings. The van der Waals surface area contributed by atoms with E-state index >= 15 is 0 Å². The van der Waals surface area contributed by atoms with Crippen LogP contribution >= 0.6 is 0 Å². The predicted octanol–water partition coefficient (Wildman–Crippen LogP) is 7.73. The molecule has 3 aromatic heterocycles. The van der Waals surface area contributed by atoms with Crippen molar-refractivity contribution < 1.29 is 51.4 Å². The van der Waals surface area contributed by atoms with E-state index in [-0.39, 0.29) is 51.4 Å². The largest absolute Gasteiger partial charge is 1.00 e.